The maximum Gasteiger partial charge on any atom is 0.0256 e. The largest absolute Gasteiger partial charge is 0.126 e. The van der Waals surface area contributed by atoms with Gasteiger partial charge in [0.1, 0.15) is 0 Å². The Hall–Kier alpha value is 0.290. The van der Waals surface area contributed by atoms with Crippen molar-refractivity contribution in [2.75, 3.05) is 5.88 Å². The Labute approximate surface area is 69.0 Å². The molecule has 60 valence electrons. The Morgan fingerprint density at radius 2 is 2.00 bits per heavy atom. The van der Waals surface area contributed by atoms with Crippen molar-refractivity contribution in [2.24, 2.45) is 17.3 Å². The third-order valence-electron chi connectivity index (χ3n) is 3.46. The van der Waals surface area contributed by atoms with Gasteiger partial charge >= 0.3 is 0 Å². The van der Waals surface area contributed by atoms with Gasteiger partial charge in [0.15, 0.2) is 0 Å². The van der Waals surface area contributed by atoms with Crippen molar-refractivity contribution in [1.82, 2.24) is 0 Å². The molecule has 2 atom stereocenters. The molecule has 0 aromatic heterocycles. The highest BCUT2D eigenvalue weighted by Gasteiger charge is 2.39. The molecule has 1 rings (SSSR count). The molecule has 0 aromatic rings. The molecule has 1 fully saturated rings. The fourth-order valence-electron chi connectivity index (χ4n) is 1.87. The topological polar surface area (TPSA) is 0 Å². The number of alkyl halides is 1. The Balaban J connectivity index is 2.64. The lowest BCUT2D eigenvalue weighted by Gasteiger charge is -2.29. The molecule has 1 saturated carbocycles. The highest BCUT2D eigenvalue weighted by Crippen LogP contribution is 2.47. The van der Waals surface area contributed by atoms with E-state index in [1.54, 1.807) is 0 Å². The SMILES string of the molecule is CC1CCC(CCl)C1(C)C. The van der Waals surface area contributed by atoms with E-state index in [1.165, 1.54) is 12.8 Å². The first kappa shape index (κ1) is 8.39. The molecule has 0 amide bonds. The smallest absolute Gasteiger partial charge is 0.0256 e. The van der Waals surface area contributed by atoms with E-state index >= 15 is 0 Å². The lowest BCUT2D eigenvalue weighted by atomic mass is 9.77. The van der Waals surface area contributed by atoms with Crippen LogP contribution in [0.3, 0.4) is 0 Å². The van der Waals surface area contributed by atoms with Crippen molar-refractivity contribution in [3.8, 4) is 0 Å². The van der Waals surface area contributed by atoms with E-state index in [0.29, 0.717) is 5.41 Å². The second-order valence-corrected chi connectivity index (χ2v) is 4.46. The number of halogens is 1. The minimum atomic E-state index is 0.488. The molecule has 1 aliphatic rings. The summed E-state index contributed by atoms with van der Waals surface area (Å²) in [7, 11) is 0. The van der Waals surface area contributed by atoms with Crippen LogP contribution in [0.4, 0.5) is 0 Å². The minimum Gasteiger partial charge on any atom is -0.126 e. The standard InChI is InChI=1S/C9H17Cl/c1-7-4-5-8(6-10)9(7,2)3/h7-8H,4-6H2,1-3H3. The monoisotopic (exact) mass is 160 g/mol. The van der Waals surface area contributed by atoms with Crippen molar-refractivity contribution in [1.29, 1.82) is 0 Å². The maximum absolute atomic E-state index is 5.86. The molecule has 0 aromatic carbocycles. The summed E-state index contributed by atoms with van der Waals surface area (Å²) in [5.41, 5.74) is 0.488. The van der Waals surface area contributed by atoms with E-state index in [4.69, 9.17) is 11.6 Å². The van der Waals surface area contributed by atoms with E-state index < -0.39 is 0 Å². The molecule has 1 heteroatoms. The molecular formula is C9H17Cl. The lowest BCUT2D eigenvalue weighted by molar-refractivity contribution is 0.215. The number of hydrogen-bond donors (Lipinski definition) is 0. The second kappa shape index (κ2) is 2.73. The predicted molar refractivity (Wildman–Crippen MR) is 46.4 cm³/mol. The fraction of sp³-hybridized carbons (Fsp3) is 1.00. The highest BCUT2D eigenvalue weighted by atomic mass is 35.5. The number of hydrogen-bond acceptors (Lipinski definition) is 0. The van der Waals surface area contributed by atoms with Crippen molar-refractivity contribution in [3.05, 3.63) is 0 Å². The fourth-order valence-corrected chi connectivity index (χ4v) is 2.43. The molecule has 0 bridgehead atoms. The van der Waals surface area contributed by atoms with Gasteiger partial charge in [0.05, 0.1) is 0 Å². The second-order valence-electron chi connectivity index (χ2n) is 4.15. The van der Waals surface area contributed by atoms with Crippen LogP contribution in [0, 0.1) is 17.3 Å². The van der Waals surface area contributed by atoms with Crippen LogP contribution >= 0.6 is 11.6 Å². The van der Waals surface area contributed by atoms with Crippen molar-refractivity contribution in [2.45, 2.75) is 33.6 Å². The zero-order chi connectivity index (χ0) is 7.78. The molecule has 1 aliphatic carbocycles. The summed E-state index contributed by atoms with van der Waals surface area (Å²) in [5.74, 6) is 2.46. The third kappa shape index (κ3) is 1.18. The molecule has 2 unspecified atom stereocenters. The van der Waals surface area contributed by atoms with Gasteiger partial charge in [0, 0.05) is 5.88 Å². The van der Waals surface area contributed by atoms with Crippen LogP contribution in [0.5, 0.6) is 0 Å². The van der Waals surface area contributed by atoms with E-state index in [9.17, 15) is 0 Å². The Morgan fingerprint density at radius 1 is 1.40 bits per heavy atom. The van der Waals surface area contributed by atoms with Crippen LogP contribution in [0.15, 0.2) is 0 Å². The van der Waals surface area contributed by atoms with Crippen molar-refractivity contribution in [3.63, 3.8) is 0 Å². The summed E-state index contributed by atoms with van der Waals surface area (Å²) in [6.07, 6.45) is 2.70. The van der Waals surface area contributed by atoms with Gasteiger partial charge in [-0.15, -0.1) is 11.6 Å². The molecule has 0 N–H and O–H groups in total. The summed E-state index contributed by atoms with van der Waals surface area (Å²) < 4.78 is 0. The van der Waals surface area contributed by atoms with Crippen LogP contribution in [0.25, 0.3) is 0 Å². The van der Waals surface area contributed by atoms with Crippen LogP contribution in [0.2, 0.25) is 0 Å². The van der Waals surface area contributed by atoms with Gasteiger partial charge in [-0.25, -0.2) is 0 Å². The van der Waals surface area contributed by atoms with E-state index in [0.717, 1.165) is 17.7 Å². The molecular weight excluding hydrogens is 144 g/mol. The summed E-state index contributed by atoms with van der Waals surface area (Å²) >= 11 is 5.86. The van der Waals surface area contributed by atoms with E-state index in [-0.39, 0.29) is 0 Å². The molecule has 0 nitrogen and oxygen atoms in total. The molecule has 0 spiro atoms. The Morgan fingerprint density at radius 3 is 2.20 bits per heavy atom. The first-order chi connectivity index (χ1) is 4.59. The summed E-state index contributed by atoms with van der Waals surface area (Å²) in [6.45, 7) is 7.03. The van der Waals surface area contributed by atoms with Gasteiger partial charge in [-0.2, -0.15) is 0 Å². The van der Waals surface area contributed by atoms with Crippen LogP contribution in [-0.4, -0.2) is 5.88 Å². The quantitative estimate of drug-likeness (QED) is 0.517. The normalized spacial score (nSPS) is 38.4. The molecule has 10 heavy (non-hydrogen) atoms. The van der Waals surface area contributed by atoms with Gasteiger partial charge in [0.2, 0.25) is 0 Å². The van der Waals surface area contributed by atoms with Gasteiger partial charge in [-0.05, 0) is 30.1 Å². The van der Waals surface area contributed by atoms with Gasteiger partial charge < -0.3 is 0 Å². The summed E-state index contributed by atoms with van der Waals surface area (Å²) in [4.78, 5) is 0. The molecule has 0 aliphatic heterocycles. The minimum absolute atomic E-state index is 0.488. The first-order valence-corrected chi connectivity index (χ1v) is 4.68. The van der Waals surface area contributed by atoms with Crippen molar-refractivity contribution < 1.29 is 0 Å². The van der Waals surface area contributed by atoms with Crippen LogP contribution < -0.4 is 0 Å². The maximum atomic E-state index is 5.86. The zero-order valence-electron chi connectivity index (χ0n) is 7.15. The molecule has 0 heterocycles. The van der Waals surface area contributed by atoms with Gasteiger partial charge in [-0.1, -0.05) is 20.8 Å². The Kier molecular flexibility index (Phi) is 2.29. The van der Waals surface area contributed by atoms with Gasteiger partial charge in [-0.3, -0.25) is 0 Å². The van der Waals surface area contributed by atoms with Crippen LogP contribution in [0.1, 0.15) is 33.6 Å². The Bertz CT molecular complexity index is 118. The van der Waals surface area contributed by atoms with Gasteiger partial charge in [0.25, 0.3) is 0 Å². The number of rotatable bonds is 1. The lowest BCUT2D eigenvalue weighted by Crippen LogP contribution is -2.24. The summed E-state index contributed by atoms with van der Waals surface area (Å²) in [5, 5.41) is 0. The average Bonchev–Trinajstić information content (AvgIpc) is 2.10. The summed E-state index contributed by atoms with van der Waals surface area (Å²) in [6, 6.07) is 0. The molecule has 0 saturated heterocycles. The van der Waals surface area contributed by atoms with E-state index in [2.05, 4.69) is 20.8 Å². The third-order valence-corrected chi connectivity index (χ3v) is 3.83. The first-order valence-electron chi connectivity index (χ1n) is 4.15. The van der Waals surface area contributed by atoms with Crippen molar-refractivity contribution >= 4 is 11.6 Å². The van der Waals surface area contributed by atoms with Crippen LogP contribution in [-0.2, 0) is 0 Å². The predicted octanol–water partition coefficient (Wildman–Crippen LogP) is 3.30. The average molecular weight is 161 g/mol. The molecule has 0 radical (unpaired) electrons. The van der Waals surface area contributed by atoms with E-state index in [1.807, 2.05) is 0 Å². The zero-order valence-corrected chi connectivity index (χ0v) is 7.91. The highest BCUT2D eigenvalue weighted by molar-refractivity contribution is 6.18.